The molecule has 0 unspecified atom stereocenters. The van der Waals surface area contributed by atoms with Crippen LogP contribution < -0.4 is 4.90 Å². The fraction of sp³-hybridized carbons (Fsp3) is 0.188. The Morgan fingerprint density at radius 1 is 1.11 bits per heavy atom. The molecule has 2 heteroatoms. The number of aldehydes is 1. The van der Waals surface area contributed by atoms with Crippen LogP contribution in [0.5, 0.6) is 0 Å². The molecule has 0 saturated heterocycles. The largest absolute Gasteiger partial charge is 0.344 e. The van der Waals surface area contributed by atoms with Crippen molar-refractivity contribution in [3.05, 3.63) is 59.7 Å². The molecular formula is C16H17NO. The van der Waals surface area contributed by atoms with E-state index < -0.39 is 0 Å². The van der Waals surface area contributed by atoms with Gasteiger partial charge in [0.05, 0.1) is 0 Å². The normalized spacial score (nSPS) is 10.1. The maximum atomic E-state index is 10.9. The summed E-state index contributed by atoms with van der Waals surface area (Å²) in [6.45, 7) is 2.12. The maximum Gasteiger partial charge on any atom is 0.150 e. The zero-order valence-electron chi connectivity index (χ0n) is 10.8. The van der Waals surface area contributed by atoms with Crippen molar-refractivity contribution in [3.8, 4) is 0 Å². The van der Waals surface area contributed by atoms with Crippen molar-refractivity contribution in [1.29, 1.82) is 0 Å². The molecule has 92 valence electrons. The van der Waals surface area contributed by atoms with Crippen molar-refractivity contribution in [2.45, 2.75) is 13.3 Å². The number of anilines is 2. The van der Waals surface area contributed by atoms with Crippen LogP contribution in [-0.2, 0) is 6.42 Å². The quantitative estimate of drug-likeness (QED) is 0.756. The zero-order chi connectivity index (χ0) is 13.0. The molecule has 0 fully saturated rings. The lowest BCUT2D eigenvalue weighted by Gasteiger charge is -2.22. The first kappa shape index (κ1) is 12.4. The van der Waals surface area contributed by atoms with Crippen molar-refractivity contribution >= 4 is 17.7 Å². The van der Waals surface area contributed by atoms with E-state index in [2.05, 4.69) is 24.0 Å². The van der Waals surface area contributed by atoms with Crippen molar-refractivity contribution in [1.82, 2.24) is 0 Å². The predicted octanol–water partition coefficient (Wildman–Crippen LogP) is 3.83. The molecule has 0 aliphatic heterocycles. The Balaban J connectivity index is 2.45. The first-order valence-electron chi connectivity index (χ1n) is 6.13. The van der Waals surface area contributed by atoms with E-state index in [0.29, 0.717) is 5.56 Å². The molecular weight excluding hydrogens is 222 g/mol. The van der Waals surface area contributed by atoms with E-state index >= 15 is 0 Å². The minimum absolute atomic E-state index is 0.713. The van der Waals surface area contributed by atoms with Gasteiger partial charge in [0.25, 0.3) is 0 Å². The molecule has 0 aliphatic rings. The van der Waals surface area contributed by atoms with E-state index in [-0.39, 0.29) is 0 Å². The second-order valence-electron chi connectivity index (χ2n) is 4.25. The van der Waals surface area contributed by atoms with Crippen LogP contribution in [0.3, 0.4) is 0 Å². The van der Waals surface area contributed by atoms with Gasteiger partial charge < -0.3 is 4.90 Å². The summed E-state index contributed by atoms with van der Waals surface area (Å²) in [4.78, 5) is 13.0. The van der Waals surface area contributed by atoms with Gasteiger partial charge in [-0.05, 0) is 30.2 Å². The molecule has 0 saturated carbocycles. The summed E-state index contributed by atoms with van der Waals surface area (Å²) in [7, 11) is 2.03. The summed E-state index contributed by atoms with van der Waals surface area (Å²) in [6.07, 6.45) is 1.84. The van der Waals surface area contributed by atoms with Crippen LogP contribution in [0.2, 0.25) is 0 Å². The smallest absolute Gasteiger partial charge is 0.150 e. The standard InChI is InChI=1S/C16H17NO/c1-3-14-10-9-13(12-18)11-16(14)17(2)15-7-5-4-6-8-15/h4-12H,3H2,1-2H3. The third kappa shape index (κ3) is 2.43. The molecule has 0 heterocycles. The molecule has 2 aromatic rings. The van der Waals surface area contributed by atoms with Crippen LogP contribution in [0.25, 0.3) is 0 Å². The van der Waals surface area contributed by atoms with Gasteiger partial charge in [-0.3, -0.25) is 4.79 Å². The topological polar surface area (TPSA) is 20.3 Å². The highest BCUT2D eigenvalue weighted by Gasteiger charge is 2.08. The number of carbonyl (C=O) groups is 1. The predicted molar refractivity (Wildman–Crippen MR) is 75.7 cm³/mol. The molecule has 2 aromatic carbocycles. The van der Waals surface area contributed by atoms with Gasteiger partial charge >= 0.3 is 0 Å². The Bertz CT molecular complexity index is 534. The Hall–Kier alpha value is -2.09. The minimum Gasteiger partial charge on any atom is -0.344 e. The van der Waals surface area contributed by atoms with Crippen molar-refractivity contribution < 1.29 is 4.79 Å². The second kappa shape index (κ2) is 5.50. The average molecular weight is 239 g/mol. The third-order valence-corrected chi connectivity index (χ3v) is 3.13. The number of carbonyl (C=O) groups excluding carboxylic acids is 1. The van der Waals surface area contributed by atoms with Gasteiger partial charge in [0, 0.05) is 24.0 Å². The lowest BCUT2D eigenvalue weighted by Crippen LogP contribution is -2.11. The third-order valence-electron chi connectivity index (χ3n) is 3.13. The van der Waals surface area contributed by atoms with Crippen LogP contribution in [-0.4, -0.2) is 13.3 Å². The number of para-hydroxylation sites is 1. The van der Waals surface area contributed by atoms with Gasteiger partial charge in [-0.25, -0.2) is 0 Å². The summed E-state index contributed by atoms with van der Waals surface area (Å²) in [5.74, 6) is 0. The molecule has 0 bridgehead atoms. The fourth-order valence-electron chi connectivity index (χ4n) is 2.06. The van der Waals surface area contributed by atoms with Gasteiger partial charge in [0.1, 0.15) is 6.29 Å². The SMILES string of the molecule is CCc1ccc(C=O)cc1N(C)c1ccccc1. The Kier molecular flexibility index (Phi) is 3.78. The van der Waals surface area contributed by atoms with Gasteiger partial charge in [-0.2, -0.15) is 0 Å². The van der Waals surface area contributed by atoms with Gasteiger partial charge in [0.2, 0.25) is 0 Å². The van der Waals surface area contributed by atoms with E-state index in [1.165, 1.54) is 5.56 Å². The van der Waals surface area contributed by atoms with E-state index in [1.54, 1.807) is 0 Å². The molecule has 0 spiro atoms. The molecule has 0 atom stereocenters. The molecule has 0 aromatic heterocycles. The Morgan fingerprint density at radius 3 is 2.44 bits per heavy atom. The molecule has 0 N–H and O–H groups in total. The molecule has 0 aliphatic carbocycles. The van der Waals surface area contributed by atoms with Crippen molar-refractivity contribution in [2.75, 3.05) is 11.9 Å². The van der Waals surface area contributed by atoms with Crippen LogP contribution >= 0.6 is 0 Å². The Morgan fingerprint density at radius 2 is 1.83 bits per heavy atom. The first-order chi connectivity index (χ1) is 8.76. The van der Waals surface area contributed by atoms with Crippen LogP contribution in [0.15, 0.2) is 48.5 Å². The highest BCUT2D eigenvalue weighted by Crippen LogP contribution is 2.28. The molecule has 0 radical (unpaired) electrons. The lowest BCUT2D eigenvalue weighted by atomic mass is 10.1. The Labute approximate surface area is 108 Å². The van der Waals surface area contributed by atoms with Crippen LogP contribution in [0.1, 0.15) is 22.8 Å². The summed E-state index contributed by atoms with van der Waals surface area (Å²) < 4.78 is 0. The highest BCUT2D eigenvalue weighted by atomic mass is 16.1. The maximum absolute atomic E-state index is 10.9. The number of nitrogens with zero attached hydrogens (tertiary/aromatic N) is 1. The molecule has 18 heavy (non-hydrogen) atoms. The number of hydrogen-bond donors (Lipinski definition) is 0. The fourth-order valence-corrected chi connectivity index (χ4v) is 2.06. The van der Waals surface area contributed by atoms with E-state index in [1.807, 2.05) is 43.4 Å². The zero-order valence-corrected chi connectivity index (χ0v) is 10.8. The van der Waals surface area contributed by atoms with Gasteiger partial charge in [-0.1, -0.05) is 37.3 Å². The average Bonchev–Trinajstić information content (AvgIpc) is 2.46. The molecule has 0 amide bonds. The van der Waals surface area contributed by atoms with E-state index in [9.17, 15) is 4.79 Å². The number of hydrogen-bond acceptors (Lipinski definition) is 2. The lowest BCUT2D eigenvalue weighted by molar-refractivity contribution is 0.112. The molecule has 2 nitrogen and oxygen atoms in total. The number of rotatable bonds is 4. The van der Waals surface area contributed by atoms with Crippen molar-refractivity contribution in [2.24, 2.45) is 0 Å². The number of aryl methyl sites for hydroxylation is 1. The summed E-state index contributed by atoms with van der Waals surface area (Å²) in [5.41, 5.74) is 4.17. The van der Waals surface area contributed by atoms with E-state index in [4.69, 9.17) is 0 Å². The highest BCUT2D eigenvalue weighted by molar-refractivity contribution is 5.79. The monoisotopic (exact) mass is 239 g/mol. The molecule has 2 rings (SSSR count). The summed E-state index contributed by atoms with van der Waals surface area (Å²) in [6, 6.07) is 16.0. The van der Waals surface area contributed by atoms with Gasteiger partial charge in [0.15, 0.2) is 0 Å². The van der Waals surface area contributed by atoms with Crippen LogP contribution in [0.4, 0.5) is 11.4 Å². The van der Waals surface area contributed by atoms with Crippen LogP contribution in [0, 0.1) is 0 Å². The van der Waals surface area contributed by atoms with Gasteiger partial charge in [-0.15, -0.1) is 0 Å². The van der Waals surface area contributed by atoms with E-state index in [0.717, 1.165) is 24.1 Å². The second-order valence-corrected chi connectivity index (χ2v) is 4.25. The minimum atomic E-state index is 0.713. The van der Waals surface area contributed by atoms with Crippen molar-refractivity contribution in [3.63, 3.8) is 0 Å². The first-order valence-corrected chi connectivity index (χ1v) is 6.13. The summed E-state index contributed by atoms with van der Waals surface area (Å²) >= 11 is 0. The number of benzene rings is 2. The summed E-state index contributed by atoms with van der Waals surface area (Å²) in [5, 5.41) is 0.